The highest BCUT2D eigenvalue weighted by molar-refractivity contribution is 8.07. The summed E-state index contributed by atoms with van der Waals surface area (Å²) in [5.41, 5.74) is 0.544. The molecule has 106 valence electrons. The lowest BCUT2D eigenvalue weighted by Gasteiger charge is -2.33. The Morgan fingerprint density at radius 1 is 1.42 bits per heavy atom. The van der Waals surface area contributed by atoms with Gasteiger partial charge in [0.1, 0.15) is 5.82 Å². The van der Waals surface area contributed by atoms with Crippen LogP contribution in [0.5, 0.6) is 0 Å². The Hall–Kier alpha value is 0.1000. The predicted molar refractivity (Wildman–Crippen MR) is 83.9 cm³/mol. The fourth-order valence-electron chi connectivity index (χ4n) is 2.32. The van der Waals surface area contributed by atoms with Crippen LogP contribution in [0.15, 0.2) is 18.2 Å². The molecule has 1 aliphatic heterocycles. The summed E-state index contributed by atoms with van der Waals surface area (Å²) in [6.07, 6.45) is 0.902. The third kappa shape index (κ3) is 4.03. The van der Waals surface area contributed by atoms with Gasteiger partial charge < -0.3 is 5.11 Å². The van der Waals surface area contributed by atoms with Crippen molar-refractivity contribution in [3.63, 3.8) is 0 Å². The van der Waals surface area contributed by atoms with Crippen LogP contribution in [0, 0.1) is 5.82 Å². The average Bonchev–Trinajstić information content (AvgIpc) is 2.41. The molecule has 0 aliphatic carbocycles. The Bertz CT molecular complexity index is 430. The van der Waals surface area contributed by atoms with Gasteiger partial charge in [0, 0.05) is 33.4 Å². The maximum atomic E-state index is 13.7. The average molecular weight is 321 g/mol. The lowest BCUT2D eigenvalue weighted by atomic mass is 10.0. The topological polar surface area (TPSA) is 20.2 Å². The highest BCUT2D eigenvalue weighted by Gasteiger charge is 2.31. The van der Waals surface area contributed by atoms with E-state index in [4.69, 9.17) is 11.6 Å². The van der Waals surface area contributed by atoms with Crippen LogP contribution in [0.3, 0.4) is 0 Å². The lowest BCUT2D eigenvalue weighted by Crippen LogP contribution is -2.37. The zero-order valence-corrected chi connectivity index (χ0v) is 13.2. The highest BCUT2D eigenvalue weighted by atomic mass is 35.5. The molecule has 0 aromatic heterocycles. The first kappa shape index (κ1) is 15.5. The molecule has 1 saturated heterocycles. The fourth-order valence-corrected chi connectivity index (χ4v) is 5.63. The number of hydrogen-bond acceptors (Lipinski definition) is 3. The predicted octanol–water partition coefficient (Wildman–Crippen LogP) is 4.01. The summed E-state index contributed by atoms with van der Waals surface area (Å²) < 4.78 is 13.7. The van der Waals surface area contributed by atoms with E-state index in [1.54, 1.807) is 12.1 Å². The first-order valence-electron chi connectivity index (χ1n) is 6.47. The second-order valence-corrected chi connectivity index (χ2v) is 7.73. The van der Waals surface area contributed by atoms with Gasteiger partial charge in [0.25, 0.3) is 0 Å². The van der Waals surface area contributed by atoms with Crippen molar-refractivity contribution in [1.29, 1.82) is 0 Å². The standard InChI is InChI=1S/C14H18ClFOS2/c1-2-13-14(19-6-5-18-13)12(17)7-9-3-4-10(15)8-11(9)16/h3-4,8,12-14,17H,2,5-7H2,1H3. The van der Waals surface area contributed by atoms with Crippen LogP contribution in [0.1, 0.15) is 18.9 Å². The summed E-state index contributed by atoms with van der Waals surface area (Å²) in [5.74, 6) is 1.88. The van der Waals surface area contributed by atoms with E-state index in [0.717, 1.165) is 17.9 Å². The second-order valence-electron chi connectivity index (χ2n) is 4.66. The number of aliphatic hydroxyl groups is 1. The van der Waals surface area contributed by atoms with Gasteiger partial charge in [0.15, 0.2) is 0 Å². The third-order valence-electron chi connectivity index (χ3n) is 3.32. The van der Waals surface area contributed by atoms with Gasteiger partial charge in [-0.25, -0.2) is 4.39 Å². The van der Waals surface area contributed by atoms with Crippen LogP contribution in [-0.4, -0.2) is 33.2 Å². The van der Waals surface area contributed by atoms with Gasteiger partial charge >= 0.3 is 0 Å². The summed E-state index contributed by atoms with van der Waals surface area (Å²) in [5, 5.41) is 11.4. The summed E-state index contributed by atoms with van der Waals surface area (Å²) in [6.45, 7) is 2.14. The molecule has 0 bridgehead atoms. The van der Waals surface area contributed by atoms with E-state index in [-0.39, 0.29) is 11.1 Å². The van der Waals surface area contributed by atoms with Crippen molar-refractivity contribution < 1.29 is 9.50 Å². The van der Waals surface area contributed by atoms with E-state index in [0.29, 0.717) is 22.3 Å². The van der Waals surface area contributed by atoms with Crippen LogP contribution in [0.2, 0.25) is 5.02 Å². The summed E-state index contributed by atoms with van der Waals surface area (Å²) >= 11 is 9.47. The van der Waals surface area contributed by atoms with Crippen molar-refractivity contribution in [2.24, 2.45) is 0 Å². The van der Waals surface area contributed by atoms with Crippen LogP contribution < -0.4 is 0 Å². The maximum absolute atomic E-state index is 13.7. The first-order chi connectivity index (χ1) is 9.11. The molecule has 0 saturated carbocycles. The van der Waals surface area contributed by atoms with Crippen molar-refractivity contribution in [2.45, 2.75) is 36.4 Å². The van der Waals surface area contributed by atoms with Crippen molar-refractivity contribution >= 4 is 35.1 Å². The largest absolute Gasteiger partial charge is 0.392 e. The SMILES string of the molecule is CCC1SCCSC1C(O)Cc1ccc(Cl)cc1F. The molecule has 3 atom stereocenters. The monoisotopic (exact) mass is 320 g/mol. The molecule has 1 aromatic rings. The minimum Gasteiger partial charge on any atom is -0.392 e. The molecule has 1 heterocycles. The number of rotatable bonds is 4. The number of halogens is 2. The van der Waals surface area contributed by atoms with Gasteiger partial charge in [0.05, 0.1) is 6.10 Å². The molecule has 1 aliphatic rings. The van der Waals surface area contributed by atoms with Crippen LogP contribution in [0.25, 0.3) is 0 Å². The van der Waals surface area contributed by atoms with Crippen LogP contribution >= 0.6 is 35.1 Å². The van der Waals surface area contributed by atoms with Crippen molar-refractivity contribution in [1.82, 2.24) is 0 Å². The Morgan fingerprint density at radius 2 is 2.16 bits per heavy atom. The zero-order chi connectivity index (χ0) is 13.8. The van der Waals surface area contributed by atoms with Crippen molar-refractivity contribution in [3.8, 4) is 0 Å². The molecular weight excluding hydrogens is 303 g/mol. The van der Waals surface area contributed by atoms with Gasteiger partial charge in [-0.2, -0.15) is 23.5 Å². The Morgan fingerprint density at radius 3 is 2.84 bits per heavy atom. The molecule has 2 rings (SSSR count). The van der Waals surface area contributed by atoms with Crippen molar-refractivity contribution in [3.05, 3.63) is 34.6 Å². The second kappa shape index (κ2) is 7.21. The minimum atomic E-state index is -0.501. The van der Waals surface area contributed by atoms with E-state index in [1.807, 2.05) is 23.5 Å². The molecule has 1 nitrogen and oxygen atoms in total. The van der Waals surface area contributed by atoms with E-state index in [2.05, 4.69) is 6.92 Å². The Balaban J connectivity index is 2.04. The summed E-state index contributed by atoms with van der Waals surface area (Å²) in [6, 6.07) is 4.65. The van der Waals surface area contributed by atoms with E-state index in [1.165, 1.54) is 6.07 Å². The first-order valence-corrected chi connectivity index (χ1v) is 8.94. The number of hydrogen-bond donors (Lipinski definition) is 1. The summed E-state index contributed by atoms with van der Waals surface area (Å²) in [7, 11) is 0. The fraction of sp³-hybridized carbons (Fsp3) is 0.571. The van der Waals surface area contributed by atoms with Crippen LogP contribution in [-0.2, 0) is 6.42 Å². The molecular formula is C14H18ClFOS2. The number of thioether (sulfide) groups is 2. The van der Waals surface area contributed by atoms with Gasteiger partial charge in [-0.05, 0) is 24.1 Å². The normalized spacial score (nSPS) is 25.3. The molecule has 0 spiro atoms. The van der Waals surface area contributed by atoms with E-state index < -0.39 is 6.10 Å². The van der Waals surface area contributed by atoms with Crippen LogP contribution in [0.4, 0.5) is 4.39 Å². The van der Waals surface area contributed by atoms with Gasteiger partial charge in [0.2, 0.25) is 0 Å². The molecule has 3 unspecified atom stereocenters. The molecule has 0 amide bonds. The van der Waals surface area contributed by atoms with E-state index >= 15 is 0 Å². The van der Waals surface area contributed by atoms with Crippen molar-refractivity contribution in [2.75, 3.05) is 11.5 Å². The molecule has 1 fully saturated rings. The lowest BCUT2D eigenvalue weighted by molar-refractivity contribution is 0.168. The minimum absolute atomic E-state index is 0.193. The number of aliphatic hydroxyl groups excluding tert-OH is 1. The van der Waals surface area contributed by atoms with E-state index in [9.17, 15) is 9.50 Å². The summed E-state index contributed by atoms with van der Waals surface area (Å²) in [4.78, 5) is 0. The molecule has 1 N–H and O–H groups in total. The molecule has 0 radical (unpaired) electrons. The van der Waals surface area contributed by atoms with Gasteiger partial charge in [-0.15, -0.1) is 0 Å². The molecule has 1 aromatic carbocycles. The molecule has 19 heavy (non-hydrogen) atoms. The smallest absolute Gasteiger partial charge is 0.127 e. The molecule has 5 heteroatoms. The quantitative estimate of drug-likeness (QED) is 0.905. The Labute approximate surface area is 127 Å². The maximum Gasteiger partial charge on any atom is 0.127 e. The highest BCUT2D eigenvalue weighted by Crippen LogP contribution is 2.36. The number of benzene rings is 1. The van der Waals surface area contributed by atoms with Gasteiger partial charge in [-0.3, -0.25) is 0 Å². The zero-order valence-electron chi connectivity index (χ0n) is 10.8. The Kier molecular flexibility index (Phi) is 5.87. The third-order valence-corrected chi connectivity index (χ3v) is 6.95. The van der Waals surface area contributed by atoms with Gasteiger partial charge in [-0.1, -0.05) is 24.6 Å².